The van der Waals surface area contributed by atoms with Crippen LogP contribution in [0.25, 0.3) is 77.2 Å². The monoisotopic (exact) mass is 1410 g/mol. The van der Waals surface area contributed by atoms with E-state index in [1.54, 1.807) is 0 Å². The van der Waals surface area contributed by atoms with Crippen LogP contribution >= 0.6 is 11.8 Å². The van der Waals surface area contributed by atoms with Crippen LogP contribution in [0.15, 0.2) is 307 Å². The van der Waals surface area contributed by atoms with Gasteiger partial charge in [0.15, 0.2) is 0 Å². The molecule has 4 aliphatic heterocycles. The third-order valence-corrected chi connectivity index (χ3v) is 24.8. The first-order valence-corrected chi connectivity index (χ1v) is 39.3. The average Bonchev–Trinajstić information content (AvgIpc) is 0.736. The summed E-state index contributed by atoms with van der Waals surface area (Å²) in [4.78, 5) is 10.4. The Bertz CT molecular complexity index is 6200. The fourth-order valence-electron chi connectivity index (χ4n) is 18.3. The van der Waals surface area contributed by atoms with Gasteiger partial charge in [0.05, 0.1) is 33.4 Å². The van der Waals surface area contributed by atoms with Crippen LogP contribution in [-0.2, 0) is 21.7 Å². The van der Waals surface area contributed by atoms with Crippen LogP contribution in [0.4, 0.5) is 51.2 Å². The summed E-state index contributed by atoms with van der Waals surface area (Å²) < 4.78 is 5.23. The molecule has 0 saturated carbocycles. The van der Waals surface area contributed by atoms with Crippen molar-refractivity contribution in [3.63, 3.8) is 0 Å². The first kappa shape index (κ1) is 66.0. The van der Waals surface area contributed by atoms with Crippen LogP contribution in [-0.4, -0.2) is 22.6 Å². The Hall–Kier alpha value is -11.4. The quantitative estimate of drug-likeness (QED) is 0.148. The molecule has 522 valence electrons. The minimum atomic E-state index is -0.196. The lowest BCUT2D eigenvalue weighted by atomic mass is 9.31. The maximum atomic E-state index is 2.74. The van der Waals surface area contributed by atoms with Crippen molar-refractivity contribution in [2.75, 3.05) is 14.7 Å². The molecule has 6 heterocycles. The van der Waals surface area contributed by atoms with Gasteiger partial charge in [-0.2, -0.15) is 0 Å². The van der Waals surface area contributed by atoms with E-state index in [4.69, 9.17) is 0 Å². The number of hydrogen-bond donors (Lipinski definition) is 0. The fraction of sp³-hybridized carbons (Fsp3) is 0.160. The summed E-state index contributed by atoms with van der Waals surface area (Å²) >= 11 is 1.95. The van der Waals surface area contributed by atoms with Gasteiger partial charge in [0.1, 0.15) is 0 Å². The summed E-state index contributed by atoms with van der Waals surface area (Å²) in [6.45, 7) is 27.8. The molecule has 108 heavy (non-hydrogen) atoms. The van der Waals surface area contributed by atoms with Crippen molar-refractivity contribution >= 4 is 153 Å². The van der Waals surface area contributed by atoms with Crippen molar-refractivity contribution in [2.45, 2.75) is 115 Å². The Balaban J connectivity index is 0.930. The van der Waals surface area contributed by atoms with Gasteiger partial charge < -0.3 is 23.8 Å². The van der Waals surface area contributed by atoms with Crippen LogP contribution in [0.2, 0.25) is 0 Å². The normalized spacial score (nSPS) is 13.8. The number of rotatable bonds is 7. The number of hydrogen-bond acceptors (Lipinski definition) is 4. The summed E-state index contributed by atoms with van der Waals surface area (Å²) in [6, 6.07) is 115. The third-order valence-electron chi connectivity index (χ3n) is 23.7. The van der Waals surface area contributed by atoms with Crippen LogP contribution in [0, 0.1) is 0 Å². The Morgan fingerprint density at radius 2 is 0.611 bits per heavy atom. The smallest absolute Gasteiger partial charge is 0.252 e. The third kappa shape index (κ3) is 10.2. The van der Waals surface area contributed by atoms with Gasteiger partial charge in [0, 0.05) is 93.6 Å². The van der Waals surface area contributed by atoms with Gasteiger partial charge in [-0.05, 0) is 173 Å². The number of benzene rings is 14. The van der Waals surface area contributed by atoms with Crippen molar-refractivity contribution in [3.05, 3.63) is 320 Å². The molecule has 0 saturated heterocycles. The zero-order chi connectivity index (χ0) is 73.6. The van der Waals surface area contributed by atoms with Gasteiger partial charge in [-0.1, -0.05) is 307 Å². The molecule has 0 bridgehead atoms. The summed E-state index contributed by atoms with van der Waals surface area (Å²) in [5, 5.41) is 5.00. The number of nitrogens with zero attached hydrogens (tertiary/aromatic N) is 5. The van der Waals surface area contributed by atoms with E-state index in [-0.39, 0.29) is 35.1 Å². The molecular weight excluding hydrogens is 1320 g/mol. The second-order valence-electron chi connectivity index (χ2n) is 34.5. The highest BCUT2D eigenvalue weighted by molar-refractivity contribution is 8.00. The van der Waals surface area contributed by atoms with Crippen molar-refractivity contribution in [2.24, 2.45) is 0 Å². The van der Waals surface area contributed by atoms with Crippen molar-refractivity contribution in [3.8, 4) is 33.6 Å². The molecule has 0 spiro atoms. The summed E-state index contributed by atoms with van der Waals surface area (Å²) in [6.07, 6.45) is 0. The molecule has 2 aromatic heterocycles. The topological polar surface area (TPSA) is 19.6 Å². The second kappa shape index (κ2) is 24.0. The van der Waals surface area contributed by atoms with E-state index in [1.807, 2.05) is 11.8 Å². The largest absolute Gasteiger partial charge is 0.311 e. The zero-order valence-corrected chi connectivity index (χ0v) is 64.4. The molecule has 4 aliphatic rings. The molecule has 0 radical (unpaired) electrons. The molecule has 0 N–H and O–H groups in total. The van der Waals surface area contributed by atoms with Gasteiger partial charge in [0.2, 0.25) is 6.71 Å². The summed E-state index contributed by atoms with van der Waals surface area (Å²) in [7, 11) is 0. The Morgan fingerprint density at radius 1 is 0.250 bits per heavy atom. The molecule has 14 aromatic carbocycles. The zero-order valence-electron chi connectivity index (χ0n) is 63.6. The molecule has 20 rings (SSSR count). The fourth-order valence-corrected chi connectivity index (χ4v) is 19.5. The van der Waals surface area contributed by atoms with Crippen molar-refractivity contribution in [1.82, 2.24) is 9.13 Å². The molecule has 0 aliphatic carbocycles. The van der Waals surface area contributed by atoms with E-state index in [0.29, 0.717) is 0 Å². The number of para-hydroxylation sites is 5. The summed E-state index contributed by atoms with van der Waals surface area (Å²) in [5.41, 5.74) is 34.7. The molecule has 5 nitrogen and oxygen atoms in total. The van der Waals surface area contributed by atoms with Gasteiger partial charge >= 0.3 is 0 Å². The van der Waals surface area contributed by atoms with Crippen LogP contribution in [0.3, 0.4) is 0 Å². The number of fused-ring (bicyclic) bond motifs is 14. The highest BCUT2D eigenvalue weighted by Crippen LogP contribution is 2.54. The maximum absolute atomic E-state index is 2.74. The first-order chi connectivity index (χ1) is 52.1. The van der Waals surface area contributed by atoms with E-state index >= 15 is 0 Å². The predicted molar refractivity (Wildman–Crippen MR) is 465 cm³/mol. The lowest BCUT2D eigenvalue weighted by molar-refractivity contribution is 0.590. The minimum absolute atomic E-state index is 0.0764. The van der Waals surface area contributed by atoms with E-state index in [9.17, 15) is 0 Å². The van der Waals surface area contributed by atoms with Gasteiger partial charge in [0.25, 0.3) is 6.71 Å². The molecule has 0 unspecified atom stereocenters. The van der Waals surface area contributed by atoms with Crippen LogP contribution in [0.5, 0.6) is 0 Å². The number of aromatic nitrogens is 2. The van der Waals surface area contributed by atoms with E-state index in [0.717, 1.165) is 62.1 Å². The van der Waals surface area contributed by atoms with Crippen molar-refractivity contribution in [1.29, 1.82) is 0 Å². The van der Waals surface area contributed by atoms with E-state index in [2.05, 4.69) is 404 Å². The SMILES string of the molecule is CC(C)(C)c1ccc2c3ccc(C(C)(C)C)cc3n(-c3cc4c5c(c3)N(c3ccccc3)c3ccccc3B5c3cc5c(cc3S4)N(c3c(-c4ccccc4)cccc3-c3ccccc3)c3cc(-n4c6cc(C(C)(C)C)ccc6c6ccc(C(C)(C)C)cc64)cc4c3B5c3ccccc3N4c3ccccc3)c2c1. The summed E-state index contributed by atoms with van der Waals surface area (Å²) in [5.74, 6) is 0. The van der Waals surface area contributed by atoms with Crippen LogP contribution in [0.1, 0.15) is 105 Å². The predicted octanol–water partition coefficient (Wildman–Crippen LogP) is 23.3. The highest BCUT2D eigenvalue weighted by atomic mass is 32.2. The van der Waals surface area contributed by atoms with Crippen molar-refractivity contribution < 1.29 is 0 Å². The van der Waals surface area contributed by atoms with Gasteiger partial charge in [-0.15, -0.1) is 0 Å². The van der Waals surface area contributed by atoms with E-state index in [1.165, 1.54) is 131 Å². The molecule has 0 fully saturated rings. The van der Waals surface area contributed by atoms with E-state index < -0.39 is 0 Å². The minimum Gasteiger partial charge on any atom is -0.311 e. The lowest BCUT2D eigenvalue weighted by Gasteiger charge is -2.46. The van der Waals surface area contributed by atoms with Crippen LogP contribution < -0.4 is 47.5 Å². The maximum Gasteiger partial charge on any atom is 0.252 e. The molecule has 16 aromatic rings. The number of anilines is 9. The average molecular weight is 1410 g/mol. The highest BCUT2D eigenvalue weighted by Gasteiger charge is 2.48. The Kier molecular flexibility index (Phi) is 14.7. The lowest BCUT2D eigenvalue weighted by Crippen LogP contribution is -2.64. The van der Waals surface area contributed by atoms with Gasteiger partial charge in [-0.3, -0.25) is 0 Å². The standard InChI is InChI=1S/C100H85B2N5S/c1-97(2,3)64-44-48-74-75-49-45-65(98(4,5)6)53-85(75)105(84(74)52-64)70-56-89-94-90(57-70)107(96-72(62-30-17-13-18-31-62)38-29-39-73(96)63-32-19-14-20-33-63)88-61-92-81(60-80(88)101(94)78-40-25-27-42-82(78)103(89)68-34-21-15-22-35-68)102-79-41-26-28-43-83(79)104(69-36-23-16-24-37-69)91-58-71(59-93(108-92)95(91)102)106-86-54-66(99(7,8)9)46-50-76(86)77-51-47-67(55-87(77)106)100(10,11)12/h13-61H,1-12H3. The molecular formula is C100H85B2N5S. The Labute approximate surface area is 639 Å². The van der Waals surface area contributed by atoms with Gasteiger partial charge in [-0.25, -0.2) is 0 Å². The molecule has 0 atom stereocenters. The molecule has 8 heteroatoms. The molecule has 0 amide bonds. The first-order valence-electron chi connectivity index (χ1n) is 38.5. The Morgan fingerprint density at radius 3 is 1.03 bits per heavy atom. The second-order valence-corrected chi connectivity index (χ2v) is 35.6.